The molecule has 5 aromatic heterocycles. The fraction of sp³-hybridized carbons (Fsp3) is 0. The Morgan fingerprint density at radius 2 is 0.825 bits per heavy atom. The second-order valence-electron chi connectivity index (χ2n) is 14.8. The van der Waals surface area contributed by atoms with Crippen LogP contribution in [0.4, 0.5) is 0 Å². The summed E-state index contributed by atoms with van der Waals surface area (Å²) in [4.78, 5) is 15.6. The molecule has 0 saturated carbocycles. The van der Waals surface area contributed by atoms with Gasteiger partial charge in [-0.25, -0.2) is 15.0 Å². The molecule has 0 radical (unpaired) electrons. The lowest BCUT2D eigenvalue weighted by Gasteiger charge is -2.12. The summed E-state index contributed by atoms with van der Waals surface area (Å²) in [6.07, 6.45) is 0. The molecule has 0 aliphatic heterocycles. The smallest absolute Gasteiger partial charge is 0.164 e. The summed E-state index contributed by atoms with van der Waals surface area (Å²) < 4.78 is 7.44. The maximum Gasteiger partial charge on any atom is 0.164 e. The Morgan fingerprint density at radius 3 is 1.54 bits per heavy atom. The first-order chi connectivity index (χ1) is 28.3. The minimum atomic E-state index is 0.637. The predicted molar refractivity (Wildman–Crippen MR) is 234 cm³/mol. The Labute approximate surface area is 325 Å². The first-order valence-corrected chi connectivity index (χ1v) is 19.3. The fourth-order valence-electron chi connectivity index (χ4n) is 9.50. The Hall–Kier alpha value is -7.83. The Kier molecular flexibility index (Phi) is 6.07. The third kappa shape index (κ3) is 4.10. The zero-order valence-corrected chi connectivity index (χ0v) is 30.5. The molecule has 0 fully saturated rings. The molecule has 0 spiro atoms. The van der Waals surface area contributed by atoms with Gasteiger partial charge < -0.3 is 13.4 Å². The van der Waals surface area contributed by atoms with Gasteiger partial charge in [0.1, 0.15) is 0 Å². The van der Waals surface area contributed by atoms with Gasteiger partial charge in [-0.15, -0.1) is 0 Å². The van der Waals surface area contributed by atoms with E-state index in [2.05, 4.69) is 159 Å². The Bertz CT molecular complexity index is 3670. The monoisotopic (exact) mass is 726 g/mol. The van der Waals surface area contributed by atoms with E-state index in [0.717, 1.165) is 55.2 Å². The van der Waals surface area contributed by atoms with Crippen LogP contribution in [0.15, 0.2) is 182 Å². The lowest BCUT2D eigenvalue weighted by molar-refractivity contribution is 1.08. The van der Waals surface area contributed by atoms with Crippen molar-refractivity contribution in [1.82, 2.24) is 28.3 Å². The van der Waals surface area contributed by atoms with E-state index in [1.165, 1.54) is 43.6 Å². The van der Waals surface area contributed by atoms with Crippen molar-refractivity contribution in [1.29, 1.82) is 0 Å². The van der Waals surface area contributed by atoms with E-state index >= 15 is 0 Å². The molecule has 0 bridgehead atoms. The molecule has 0 unspecified atom stereocenters. The molecule has 264 valence electrons. The number of benzene rings is 8. The summed E-state index contributed by atoms with van der Waals surface area (Å²) in [5.41, 5.74) is 13.2. The number of hydrogen-bond acceptors (Lipinski definition) is 3. The van der Waals surface area contributed by atoms with E-state index in [1.807, 2.05) is 36.4 Å². The number of aromatic nitrogens is 6. The van der Waals surface area contributed by atoms with Crippen molar-refractivity contribution >= 4 is 76.5 Å². The van der Waals surface area contributed by atoms with Gasteiger partial charge in [0.25, 0.3) is 0 Å². The van der Waals surface area contributed by atoms with Crippen LogP contribution in [0.25, 0.3) is 116 Å². The van der Waals surface area contributed by atoms with Gasteiger partial charge in [-0.1, -0.05) is 127 Å². The van der Waals surface area contributed by atoms with Crippen molar-refractivity contribution in [2.45, 2.75) is 0 Å². The number of nitrogens with zero attached hydrogens (tertiary/aromatic N) is 6. The molecule has 8 aromatic carbocycles. The Morgan fingerprint density at radius 1 is 0.298 bits per heavy atom. The van der Waals surface area contributed by atoms with E-state index in [-0.39, 0.29) is 0 Å². The van der Waals surface area contributed by atoms with Crippen molar-refractivity contribution in [2.24, 2.45) is 0 Å². The van der Waals surface area contributed by atoms with E-state index in [0.29, 0.717) is 17.5 Å². The van der Waals surface area contributed by atoms with Gasteiger partial charge in [-0.2, -0.15) is 0 Å². The zero-order chi connectivity index (χ0) is 37.2. The highest BCUT2D eigenvalue weighted by Gasteiger charge is 2.26. The highest BCUT2D eigenvalue weighted by Crippen LogP contribution is 2.46. The SMILES string of the molecule is c1ccc(-c2nc(-c3ccccc3)nc(-c3ccc4c5c3c3ccccc3n5c3cccc5c3c3c(ccc6c7ccccc7n4c63)n5-c3ccccc3)n2)cc1. The van der Waals surface area contributed by atoms with E-state index in [9.17, 15) is 0 Å². The van der Waals surface area contributed by atoms with E-state index in [4.69, 9.17) is 15.0 Å². The molecule has 6 heteroatoms. The normalized spacial score (nSPS) is 12.2. The van der Waals surface area contributed by atoms with Crippen LogP contribution in [0.3, 0.4) is 0 Å². The molecule has 0 aliphatic rings. The molecule has 13 rings (SSSR count). The van der Waals surface area contributed by atoms with Crippen molar-refractivity contribution in [3.63, 3.8) is 0 Å². The maximum absolute atomic E-state index is 5.26. The van der Waals surface area contributed by atoms with Crippen molar-refractivity contribution in [3.05, 3.63) is 182 Å². The van der Waals surface area contributed by atoms with Crippen LogP contribution in [0.1, 0.15) is 0 Å². The number of fused-ring (bicyclic) bond motifs is 8. The van der Waals surface area contributed by atoms with E-state index < -0.39 is 0 Å². The molecule has 6 nitrogen and oxygen atoms in total. The molecule has 0 atom stereocenters. The second-order valence-corrected chi connectivity index (χ2v) is 14.8. The minimum Gasteiger partial charge on any atom is -0.309 e. The molecule has 13 aromatic rings. The second kappa shape index (κ2) is 11.4. The average Bonchev–Trinajstić information content (AvgIpc) is 3.93. The summed E-state index contributed by atoms with van der Waals surface area (Å²) in [6.45, 7) is 0. The molecule has 5 heterocycles. The summed E-state index contributed by atoms with van der Waals surface area (Å²) in [6, 6.07) is 64.7. The molecule has 0 N–H and O–H groups in total. The van der Waals surface area contributed by atoms with Gasteiger partial charge in [0.05, 0.1) is 44.1 Å². The molecule has 57 heavy (non-hydrogen) atoms. The first-order valence-electron chi connectivity index (χ1n) is 19.3. The quantitative estimate of drug-likeness (QED) is 0.181. The topological polar surface area (TPSA) is 52.4 Å². The summed E-state index contributed by atoms with van der Waals surface area (Å²) in [5, 5.41) is 7.18. The van der Waals surface area contributed by atoms with Gasteiger partial charge in [0.15, 0.2) is 17.5 Å². The summed E-state index contributed by atoms with van der Waals surface area (Å²) in [5.74, 6) is 1.92. The highest BCUT2D eigenvalue weighted by atomic mass is 15.0. The zero-order valence-electron chi connectivity index (χ0n) is 30.5. The van der Waals surface area contributed by atoms with Crippen LogP contribution in [0.5, 0.6) is 0 Å². The van der Waals surface area contributed by atoms with Crippen LogP contribution in [-0.2, 0) is 0 Å². The van der Waals surface area contributed by atoms with Crippen LogP contribution >= 0.6 is 0 Å². The highest BCUT2D eigenvalue weighted by molar-refractivity contribution is 6.31. The van der Waals surface area contributed by atoms with Gasteiger partial charge in [-0.05, 0) is 54.6 Å². The largest absolute Gasteiger partial charge is 0.309 e. The standard InChI is InChI=1S/C51H30N6/c1-4-15-31(16-5-1)49-52-50(32-17-6-2-7-18-32)54-51(53-49)37-28-30-43-48-44(37)36-22-11-13-24-39(36)56(48)41-26-14-25-40-45(41)46-42(55(40)33-19-8-3-9-20-33)29-27-35-34-21-10-12-23-38(34)57(43)47(35)46/h1-30H. The van der Waals surface area contributed by atoms with Gasteiger partial charge in [0.2, 0.25) is 0 Å². The molecule has 0 aliphatic carbocycles. The van der Waals surface area contributed by atoms with Gasteiger partial charge in [0, 0.05) is 54.7 Å². The van der Waals surface area contributed by atoms with Crippen LogP contribution in [0, 0.1) is 0 Å². The molecular weight excluding hydrogens is 697 g/mol. The first kappa shape index (κ1) is 30.5. The Balaban J connectivity index is 1.28. The molecular formula is C51H30N6. The maximum atomic E-state index is 5.26. The molecule has 0 amide bonds. The van der Waals surface area contributed by atoms with Gasteiger partial charge in [-0.3, -0.25) is 0 Å². The third-order valence-electron chi connectivity index (χ3n) is 11.8. The lowest BCUT2D eigenvalue weighted by Crippen LogP contribution is -2.01. The summed E-state index contributed by atoms with van der Waals surface area (Å²) >= 11 is 0. The molecule has 0 saturated heterocycles. The number of para-hydroxylation sites is 3. The lowest BCUT2D eigenvalue weighted by atomic mass is 10.0. The van der Waals surface area contributed by atoms with Crippen LogP contribution < -0.4 is 0 Å². The minimum absolute atomic E-state index is 0.637. The predicted octanol–water partition coefficient (Wildman–Crippen LogP) is 12.5. The number of hydrogen-bond donors (Lipinski definition) is 0. The fourth-order valence-corrected chi connectivity index (χ4v) is 9.50. The van der Waals surface area contributed by atoms with Gasteiger partial charge >= 0.3 is 0 Å². The van der Waals surface area contributed by atoms with Crippen molar-refractivity contribution in [2.75, 3.05) is 0 Å². The number of rotatable bonds is 4. The average molecular weight is 727 g/mol. The van der Waals surface area contributed by atoms with Crippen molar-refractivity contribution < 1.29 is 0 Å². The van der Waals surface area contributed by atoms with Crippen LogP contribution in [0.2, 0.25) is 0 Å². The third-order valence-corrected chi connectivity index (χ3v) is 11.8. The van der Waals surface area contributed by atoms with Crippen molar-refractivity contribution in [3.8, 4) is 39.9 Å². The van der Waals surface area contributed by atoms with Crippen LogP contribution in [-0.4, -0.2) is 28.3 Å². The summed E-state index contributed by atoms with van der Waals surface area (Å²) in [7, 11) is 0. The van der Waals surface area contributed by atoms with E-state index in [1.54, 1.807) is 0 Å².